The molecular formula is C13H26NO3+. The maximum atomic E-state index is 11.9. The van der Waals surface area contributed by atoms with E-state index in [-0.39, 0.29) is 18.0 Å². The van der Waals surface area contributed by atoms with Crippen LogP contribution in [0, 0.1) is 11.8 Å². The summed E-state index contributed by atoms with van der Waals surface area (Å²) in [6.45, 7) is 3.49. The molecule has 0 aliphatic heterocycles. The van der Waals surface area contributed by atoms with Gasteiger partial charge in [-0.05, 0) is 18.8 Å². The summed E-state index contributed by atoms with van der Waals surface area (Å²) in [7, 11) is 7.98. The highest BCUT2D eigenvalue weighted by atomic mass is 16.5. The molecule has 100 valence electrons. The molecule has 1 saturated carbocycles. The zero-order valence-corrected chi connectivity index (χ0v) is 11.7. The summed E-state index contributed by atoms with van der Waals surface area (Å²) in [5, 5.41) is 0. The molecule has 0 spiro atoms. The van der Waals surface area contributed by atoms with E-state index in [1.807, 2.05) is 0 Å². The quantitative estimate of drug-likeness (QED) is 0.540. The molecule has 0 radical (unpaired) electrons. The predicted molar refractivity (Wildman–Crippen MR) is 66.5 cm³/mol. The van der Waals surface area contributed by atoms with Crippen LogP contribution in [-0.2, 0) is 14.3 Å². The molecule has 1 aliphatic rings. The summed E-state index contributed by atoms with van der Waals surface area (Å²) in [6.07, 6.45) is 1.91. The van der Waals surface area contributed by atoms with Crippen LogP contribution in [0.3, 0.4) is 0 Å². The van der Waals surface area contributed by atoms with Crippen LogP contribution in [0.4, 0.5) is 0 Å². The first-order valence-corrected chi connectivity index (χ1v) is 6.33. The van der Waals surface area contributed by atoms with E-state index in [1.165, 1.54) is 0 Å². The molecule has 0 unspecified atom stereocenters. The highest BCUT2D eigenvalue weighted by Crippen LogP contribution is 2.33. The standard InChI is InChI=1S/C13H26NO3/c1-10-8-11(9-12(10)16-5)13(15)17-7-6-14(2,3)4/h10-12H,6-9H2,1-5H3/q+1/t10-,11-,12-/m0/s1. The molecule has 0 bridgehead atoms. The summed E-state index contributed by atoms with van der Waals surface area (Å²) in [5.74, 6) is 0.434. The van der Waals surface area contributed by atoms with Gasteiger partial charge < -0.3 is 14.0 Å². The molecule has 1 aliphatic carbocycles. The Morgan fingerprint density at radius 2 is 1.94 bits per heavy atom. The number of esters is 1. The van der Waals surface area contributed by atoms with Crippen LogP contribution in [0.5, 0.6) is 0 Å². The van der Waals surface area contributed by atoms with E-state index in [1.54, 1.807) is 7.11 Å². The minimum atomic E-state index is -0.0511. The number of quaternary nitrogens is 1. The lowest BCUT2D eigenvalue weighted by Gasteiger charge is -2.23. The Morgan fingerprint density at radius 3 is 2.41 bits per heavy atom. The van der Waals surface area contributed by atoms with Crippen molar-refractivity contribution < 1.29 is 18.8 Å². The lowest BCUT2D eigenvalue weighted by Crippen LogP contribution is -2.38. The molecule has 1 fully saturated rings. The van der Waals surface area contributed by atoms with Gasteiger partial charge in [0.25, 0.3) is 0 Å². The number of nitrogens with zero attached hydrogens (tertiary/aromatic N) is 1. The third-order valence-corrected chi connectivity index (χ3v) is 3.45. The highest BCUT2D eigenvalue weighted by Gasteiger charge is 2.36. The molecule has 0 aromatic carbocycles. The second-order valence-corrected chi connectivity index (χ2v) is 6.10. The average molecular weight is 244 g/mol. The number of hydrogen-bond donors (Lipinski definition) is 0. The summed E-state index contributed by atoms with van der Waals surface area (Å²) < 4.78 is 11.5. The number of carbonyl (C=O) groups is 1. The third-order valence-electron chi connectivity index (χ3n) is 3.45. The SMILES string of the molecule is CO[C@H]1C[C@@H](C(=O)OCC[N+](C)(C)C)C[C@@H]1C. The molecule has 0 N–H and O–H groups in total. The zero-order valence-electron chi connectivity index (χ0n) is 11.7. The topological polar surface area (TPSA) is 35.5 Å². The first-order chi connectivity index (χ1) is 7.83. The first-order valence-electron chi connectivity index (χ1n) is 6.33. The number of carbonyl (C=O) groups excluding carboxylic acids is 1. The van der Waals surface area contributed by atoms with E-state index in [2.05, 4.69) is 28.1 Å². The molecule has 17 heavy (non-hydrogen) atoms. The van der Waals surface area contributed by atoms with Gasteiger partial charge in [0.1, 0.15) is 13.2 Å². The fourth-order valence-electron chi connectivity index (χ4n) is 2.27. The van der Waals surface area contributed by atoms with E-state index >= 15 is 0 Å². The summed E-state index contributed by atoms with van der Waals surface area (Å²) >= 11 is 0. The van der Waals surface area contributed by atoms with Crippen LogP contribution < -0.4 is 0 Å². The smallest absolute Gasteiger partial charge is 0.309 e. The highest BCUT2D eigenvalue weighted by molar-refractivity contribution is 5.72. The Morgan fingerprint density at radius 1 is 1.29 bits per heavy atom. The van der Waals surface area contributed by atoms with Crippen molar-refractivity contribution in [2.75, 3.05) is 41.4 Å². The monoisotopic (exact) mass is 244 g/mol. The van der Waals surface area contributed by atoms with Crippen molar-refractivity contribution in [1.29, 1.82) is 0 Å². The average Bonchev–Trinajstić information content (AvgIpc) is 2.57. The molecule has 3 atom stereocenters. The molecule has 4 nitrogen and oxygen atoms in total. The van der Waals surface area contributed by atoms with Crippen LogP contribution in [0.15, 0.2) is 0 Å². The van der Waals surface area contributed by atoms with Crippen LogP contribution >= 0.6 is 0 Å². The van der Waals surface area contributed by atoms with Crippen molar-refractivity contribution >= 4 is 5.97 Å². The van der Waals surface area contributed by atoms with Crippen molar-refractivity contribution in [2.24, 2.45) is 11.8 Å². The van der Waals surface area contributed by atoms with E-state index < -0.39 is 0 Å². The molecule has 0 aromatic heterocycles. The van der Waals surface area contributed by atoms with Gasteiger partial charge in [-0.15, -0.1) is 0 Å². The normalized spacial score (nSPS) is 29.4. The molecular weight excluding hydrogens is 218 g/mol. The lowest BCUT2D eigenvalue weighted by atomic mass is 10.1. The molecule has 0 amide bonds. The van der Waals surface area contributed by atoms with Crippen LogP contribution in [0.25, 0.3) is 0 Å². The predicted octanol–water partition coefficient (Wildman–Crippen LogP) is 1.30. The second kappa shape index (κ2) is 5.83. The lowest BCUT2D eigenvalue weighted by molar-refractivity contribution is -0.870. The van der Waals surface area contributed by atoms with E-state index in [0.717, 1.165) is 23.9 Å². The van der Waals surface area contributed by atoms with Crippen molar-refractivity contribution in [2.45, 2.75) is 25.9 Å². The van der Waals surface area contributed by atoms with Crippen molar-refractivity contribution in [3.8, 4) is 0 Å². The molecule has 4 heteroatoms. The fraction of sp³-hybridized carbons (Fsp3) is 0.923. The Bertz CT molecular complexity index is 260. The number of likely N-dealkylation sites (N-methyl/N-ethyl adjacent to an activating group) is 1. The van der Waals surface area contributed by atoms with Gasteiger partial charge in [0.05, 0.1) is 33.2 Å². The Hall–Kier alpha value is -0.610. The maximum Gasteiger partial charge on any atom is 0.309 e. The Balaban J connectivity index is 2.30. The van der Waals surface area contributed by atoms with Gasteiger partial charge in [-0.3, -0.25) is 4.79 Å². The molecule has 1 rings (SSSR count). The minimum absolute atomic E-state index is 0.0300. The molecule has 0 heterocycles. The number of ether oxygens (including phenoxy) is 2. The van der Waals surface area contributed by atoms with Gasteiger partial charge in [0.15, 0.2) is 0 Å². The Labute approximate surface area is 104 Å². The minimum Gasteiger partial charge on any atom is -0.459 e. The summed E-state index contributed by atoms with van der Waals surface area (Å²) in [5.41, 5.74) is 0. The van der Waals surface area contributed by atoms with Crippen molar-refractivity contribution in [3.63, 3.8) is 0 Å². The van der Waals surface area contributed by atoms with Gasteiger partial charge in [0.2, 0.25) is 0 Å². The van der Waals surface area contributed by atoms with E-state index in [0.29, 0.717) is 12.5 Å². The number of rotatable bonds is 5. The largest absolute Gasteiger partial charge is 0.459 e. The maximum absolute atomic E-state index is 11.9. The van der Waals surface area contributed by atoms with E-state index in [9.17, 15) is 4.79 Å². The number of hydrogen-bond acceptors (Lipinski definition) is 3. The van der Waals surface area contributed by atoms with Gasteiger partial charge in [-0.2, -0.15) is 0 Å². The van der Waals surface area contributed by atoms with Crippen molar-refractivity contribution in [1.82, 2.24) is 0 Å². The Kier molecular flexibility index (Phi) is 4.95. The van der Waals surface area contributed by atoms with E-state index in [4.69, 9.17) is 9.47 Å². The first kappa shape index (κ1) is 14.5. The van der Waals surface area contributed by atoms with Gasteiger partial charge in [0, 0.05) is 7.11 Å². The van der Waals surface area contributed by atoms with Gasteiger partial charge >= 0.3 is 5.97 Å². The van der Waals surface area contributed by atoms with Crippen molar-refractivity contribution in [3.05, 3.63) is 0 Å². The summed E-state index contributed by atoms with van der Waals surface area (Å²) in [6, 6.07) is 0. The zero-order chi connectivity index (χ0) is 13.1. The van der Waals surface area contributed by atoms with Crippen LogP contribution in [-0.4, -0.2) is 58.0 Å². The third kappa shape index (κ3) is 4.64. The molecule has 0 saturated heterocycles. The van der Waals surface area contributed by atoms with Crippen LogP contribution in [0.2, 0.25) is 0 Å². The van der Waals surface area contributed by atoms with Crippen LogP contribution in [0.1, 0.15) is 19.8 Å². The van der Waals surface area contributed by atoms with Gasteiger partial charge in [-0.25, -0.2) is 0 Å². The van der Waals surface area contributed by atoms with Gasteiger partial charge in [-0.1, -0.05) is 6.92 Å². The number of methoxy groups -OCH3 is 1. The second-order valence-electron chi connectivity index (χ2n) is 6.10. The summed E-state index contributed by atoms with van der Waals surface area (Å²) in [4.78, 5) is 11.9. The fourth-order valence-corrected chi connectivity index (χ4v) is 2.27. The molecule has 0 aromatic rings.